The van der Waals surface area contributed by atoms with Gasteiger partial charge in [-0.05, 0) is 58.2 Å². The Kier molecular flexibility index (Phi) is 6.47. The molecule has 2 atom stereocenters. The van der Waals surface area contributed by atoms with Crippen molar-refractivity contribution in [2.75, 3.05) is 13.3 Å². The largest absolute Gasteiger partial charge is 0.459 e. The van der Waals surface area contributed by atoms with Gasteiger partial charge < -0.3 is 13.8 Å². The van der Waals surface area contributed by atoms with Gasteiger partial charge in [-0.15, -0.1) is 0 Å². The number of nitrogens with zero attached hydrogens (tertiary/aromatic N) is 2. The zero-order chi connectivity index (χ0) is 22.2. The van der Waals surface area contributed by atoms with Crippen LogP contribution in [0.5, 0.6) is 0 Å². The summed E-state index contributed by atoms with van der Waals surface area (Å²) in [5, 5.41) is 4.83. The first kappa shape index (κ1) is 23.0. The average molecular weight is 455 g/mol. The highest BCUT2D eigenvalue weighted by molar-refractivity contribution is 7.60. The molecule has 0 radical (unpaired) electrons. The Morgan fingerprint density at radius 3 is 2.47 bits per heavy atom. The summed E-state index contributed by atoms with van der Waals surface area (Å²) in [6.07, 6.45) is 1.79. The van der Waals surface area contributed by atoms with Crippen LogP contribution in [0.1, 0.15) is 57.8 Å². The van der Waals surface area contributed by atoms with Crippen LogP contribution in [0.25, 0.3) is 0 Å². The summed E-state index contributed by atoms with van der Waals surface area (Å²) in [7, 11) is -3.31. The van der Waals surface area contributed by atoms with Crippen molar-refractivity contribution in [1.82, 2.24) is 10.1 Å². The number of hydrogen-bond donors (Lipinski definition) is 0. The van der Waals surface area contributed by atoms with E-state index in [1.807, 2.05) is 24.3 Å². The minimum Gasteiger partial charge on any atom is -0.459 e. The van der Waals surface area contributed by atoms with Crippen LogP contribution in [0.4, 0.5) is 0 Å². The van der Waals surface area contributed by atoms with Crippen LogP contribution in [0.2, 0.25) is 5.02 Å². The van der Waals surface area contributed by atoms with E-state index in [9.17, 15) is 9.36 Å². The van der Waals surface area contributed by atoms with Crippen LogP contribution in [0.3, 0.4) is 0 Å². The number of carbonyl (C=O) groups excluding carboxylic acids is 1. The van der Waals surface area contributed by atoms with Gasteiger partial charge in [0.15, 0.2) is 5.82 Å². The molecule has 1 aromatic carbocycles. The Labute approximate surface area is 181 Å². The van der Waals surface area contributed by atoms with E-state index < -0.39 is 24.6 Å². The number of rotatable bonds is 8. The van der Waals surface area contributed by atoms with E-state index in [0.29, 0.717) is 10.8 Å². The number of benzene rings is 1. The fraction of sp³-hybridized carbons (Fsp3) is 0.571. The molecule has 0 amide bonds. The Morgan fingerprint density at radius 1 is 1.30 bits per heavy atom. The molecule has 1 heterocycles. The summed E-state index contributed by atoms with van der Waals surface area (Å²) in [5.41, 5.74) is -0.966. The molecule has 164 valence electrons. The molecule has 1 aliphatic rings. The second-order valence-electron chi connectivity index (χ2n) is 8.68. The third-order valence-corrected chi connectivity index (χ3v) is 7.59. The number of aromatic nitrogens is 2. The lowest BCUT2D eigenvalue weighted by molar-refractivity contribution is -0.154. The van der Waals surface area contributed by atoms with Gasteiger partial charge in [-0.1, -0.05) is 28.9 Å². The molecule has 3 rings (SSSR count). The molecule has 0 aliphatic heterocycles. The van der Waals surface area contributed by atoms with Gasteiger partial charge in [-0.25, -0.2) is 0 Å². The van der Waals surface area contributed by atoms with Crippen molar-refractivity contribution in [3.05, 3.63) is 46.6 Å². The fourth-order valence-corrected chi connectivity index (χ4v) is 5.13. The lowest BCUT2D eigenvalue weighted by Crippen LogP contribution is -2.33. The van der Waals surface area contributed by atoms with Crippen LogP contribution < -0.4 is 0 Å². The first-order valence-electron chi connectivity index (χ1n) is 10.0. The molecule has 0 bridgehead atoms. The lowest BCUT2D eigenvalue weighted by Gasteiger charge is -2.26. The SMILES string of the molecule is CCOP(C)(=O)C(Cc1nc(C2(c3ccc(Cl)cc3)CC2)no1)C(=O)OC(C)(C)C. The van der Waals surface area contributed by atoms with Gasteiger partial charge in [0.1, 0.15) is 11.3 Å². The molecule has 7 nitrogen and oxygen atoms in total. The Morgan fingerprint density at radius 2 is 1.93 bits per heavy atom. The van der Waals surface area contributed by atoms with Gasteiger partial charge in [-0.3, -0.25) is 9.36 Å². The molecule has 0 N–H and O–H groups in total. The maximum absolute atomic E-state index is 13.1. The maximum Gasteiger partial charge on any atom is 0.319 e. The zero-order valence-electron chi connectivity index (χ0n) is 18.0. The summed E-state index contributed by atoms with van der Waals surface area (Å²) in [6.45, 7) is 8.68. The smallest absolute Gasteiger partial charge is 0.319 e. The summed E-state index contributed by atoms with van der Waals surface area (Å²) in [5.74, 6) is 0.202. The molecule has 1 aliphatic carbocycles. The number of carbonyl (C=O) groups is 1. The van der Waals surface area contributed by atoms with E-state index in [0.717, 1.165) is 18.4 Å². The molecule has 2 aromatic rings. The van der Waals surface area contributed by atoms with E-state index in [2.05, 4.69) is 10.1 Å². The van der Waals surface area contributed by atoms with Crippen molar-refractivity contribution in [2.45, 2.75) is 63.6 Å². The fourth-order valence-electron chi connectivity index (χ4n) is 3.39. The van der Waals surface area contributed by atoms with Gasteiger partial charge in [0.25, 0.3) is 0 Å². The highest BCUT2D eigenvalue weighted by atomic mass is 35.5. The van der Waals surface area contributed by atoms with Crippen LogP contribution in [-0.4, -0.2) is 40.6 Å². The standard InChI is InChI=1S/C21H28ClN2O5P/c1-6-27-30(5,26)16(18(25)28-20(2,3)4)13-17-23-19(24-29-17)21(11-12-21)14-7-9-15(22)10-8-14/h7-10,16H,6,11-13H2,1-5H3. The molecular formula is C21H28ClN2O5P. The highest BCUT2D eigenvalue weighted by Crippen LogP contribution is 2.53. The molecule has 0 spiro atoms. The van der Waals surface area contributed by atoms with Crippen molar-refractivity contribution in [3.8, 4) is 0 Å². The van der Waals surface area contributed by atoms with Gasteiger partial charge in [0, 0.05) is 18.1 Å². The second-order valence-corrected chi connectivity index (χ2v) is 11.8. The molecule has 1 saturated carbocycles. The Balaban J connectivity index is 1.84. The van der Waals surface area contributed by atoms with E-state index in [-0.39, 0.29) is 24.3 Å². The van der Waals surface area contributed by atoms with Crippen LogP contribution in [0, 0.1) is 0 Å². The average Bonchev–Trinajstić information content (AvgIpc) is 3.30. The van der Waals surface area contributed by atoms with Crippen molar-refractivity contribution in [1.29, 1.82) is 0 Å². The van der Waals surface area contributed by atoms with Crippen molar-refractivity contribution in [3.63, 3.8) is 0 Å². The third-order valence-electron chi connectivity index (χ3n) is 5.04. The molecule has 30 heavy (non-hydrogen) atoms. The number of esters is 1. The minimum atomic E-state index is -3.31. The van der Waals surface area contributed by atoms with Gasteiger partial charge in [0.2, 0.25) is 13.3 Å². The van der Waals surface area contributed by atoms with Crippen LogP contribution in [0.15, 0.2) is 28.8 Å². The van der Waals surface area contributed by atoms with Crippen molar-refractivity contribution < 1.29 is 23.1 Å². The predicted octanol–water partition coefficient (Wildman–Crippen LogP) is 5.00. The number of hydrogen-bond acceptors (Lipinski definition) is 7. The van der Waals surface area contributed by atoms with Gasteiger partial charge >= 0.3 is 5.97 Å². The van der Waals surface area contributed by atoms with Crippen molar-refractivity contribution in [2.24, 2.45) is 0 Å². The monoisotopic (exact) mass is 454 g/mol. The molecular weight excluding hydrogens is 427 g/mol. The Hall–Kier alpha value is -1.69. The minimum absolute atomic E-state index is 0.00755. The third kappa shape index (κ3) is 5.13. The quantitative estimate of drug-likeness (QED) is 0.409. The summed E-state index contributed by atoms with van der Waals surface area (Å²) in [4.78, 5) is 17.3. The van der Waals surface area contributed by atoms with Crippen molar-refractivity contribution >= 4 is 24.9 Å². The zero-order valence-corrected chi connectivity index (χ0v) is 19.6. The lowest BCUT2D eigenvalue weighted by atomic mass is 9.95. The van der Waals surface area contributed by atoms with E-state index >= 15 is 0 Å². The molecule has 2 unspecified atom stereocenters. The maximum atomic E-state index is 13.1. The molecule has 1 fully saturated rings. The summed E-state index contributed by atoms with van der Waals surface area (Å²) < 4.78 is 29.4. The first-order chi connectivity index (χ1) is 14.0. The molecule has 1 aromatic heterocycles. The predicted molar refractivity (Wildman–Crippen MR) is 114 cm³/mol. The van der Waals surface area contributed by atoms with Gasteiger partial charge in [0.05, 0.1) is 12.0 Å². The summed E-state index contributed by atoms with van der Waals surface area (Å²) >= 11 is 6.00. The molecule has 9 heteroatoms. The van der Waals surface area contributed by atoms with E-state index in [1.165, 1.54) is 6.66 Å². The number of halogens is 1. The van der Waals surface area contributed by atoms with E-state index in [1.54, 1.807) is 27.7 Å². The van der Waals surface area contributed by atoms with Gasteiger partial charge in [-0.2, -0.15) is 4.98 Å². The molecule has 0 saturated heterocycles. The highest BCUT2D eigenvalue weighted by Gasteiger charge is 2.50. The Bertz CT molecular complexity index is 947. The van der Waals surface area contributed by atoms with Crippen LogP contribution in [-0.2, 0) is 30.5 Å². The second kappa shape index (κ2) is 8.45. The van der Waals surface area contributed by atoms with E-state index in [4.69, 9.17) is 25.4 Å². The van der Waals surface area contributed by atoms with Crippen LogP contribution >= 0.6 is 19.0 Å². The first-order valence-corrected chi connectivity index (χ1v) is 12.5. The normalized spacial score (nSPS) is 18.5. The summed E-state index contributed by atoms with van der Waals surface area (Å²) in [6, 6.07) is 7.60. The number of ether oxygens (including phenoxy) is 1. The topological polar surface area (TPSA) is 91.5 Å².